The number of nitrogens with zero attached hydrogens (tertiary/aromatic N) is 2. The van der Waals surface area contributed by atoms with Gasteiger partial charge in [0.15, 0.2) is 0 Å². The molecule has 0 spiro atoms. The number of halogens is 1. The van der Waals surface area contributed by atoms with Crippen LogP contribution in [0.5, 0.6) is 5.88 Å². The van der Waals surface area contributed by atoms with Crippen molar-refractivity contribution in [3.63, 3.8) is 0 Å². The molecule has 2 aromatic heterocycles. The Morgan fingerprint density at radius 3 is 2.56 bits per heavy atom. The maximum absolute atomic E-state index is 13.4. The van der Waals surface area contributed by atoms with Gasteiger partial charge >= 0.3 is 5.97 Å². The number of carbonyl (C=O) groups excluding carboxylic acids is 1. The highest BCUT2D eigenvalue weighted by molar-refractivity contribution is 6.10. The quantitative estimate of drug-likeness (QED) is 0.373. The van der Waals surface area contributed by atoms with E-state index in [2.05, 4.69) is 0 Å². The van der Waals surface area contributed by atoms with Crippen LogP contribution in [0.3, 0.4) is 0 Å². The van der Waals surface area contributed by atoms with Gasteiger partial charge in [0.2, 0.25) is 5.88 Å². The zero-order valence-electron chi connectivity index (χ0n) is 19.4. The van der Waals surface area contributed by atoms with Crippen molar-refractivity contribution in [2.24, 2.45) is 0 Å². The topological polar surface area (TPSA) is 64.3 Å². The molecule has 1 aliphatic heterocycles. The molecule has 0 amide bonds. The Labute approximate surface area is 197 Å². The number of ether oxygens (including phenoxy) is 1. The number of carbonyl (C=O) groups is 1. The van der Waals surface area contributed by atoms with Crippen molar-refractivity contribution >= 4 is 16.9 Å². The van der Waals surface area contributed by atoms with E-state index in [0.29, 0.717) is 35.0 Å². The largest absolute Gasteiger partial charge is 0.494 e. The van der Waals surface area contributed by atoms with Crippen molar-refractivity contribution in [2.75, 3.05) is 6.61 Å². The second kappa shape index (κ2) is 8.93. The number of pyridine rings is 1. The Morgan fingerprint density at radius 2 is 1.85 bits per heavy atom. The summed E-state index contributed by atoms with van der Waals surface area (Å²) in [6.45, 7) is 4.75. The SMILES string of the molecule is CCOC(=O)c1c(CCc2ccc(F)cc2)nc2c3n(c(O)c2c1-c1ccc(C)cc1)CCC3. The first-order valence-corrected chi connectivity index (χ1v) is 11.7. The number of benzene rings is 2. The van der Waals surface area contributed by atoms with Crippen molar-refractivity contribution < 1.29 is 19.0 Å². The minimum atomic E-state index is -0.452. The Kier molecular flexibility index (Phi) is 5.82. The van der Waals surface area contributed by atoms with E-state index in [1.54, 1.807) is 19.1 Å². The lowest BCUT2D eigenvalue weighted by Crippen LogP contribution is -2.13. The zero-order valence-corrected chi connectivity index (χ0v) is 19.4. The van der Waals surface area contributed by atoms with Gasteiger partial charge in [0.25, 0.3) is 0 Å². The molecule has 34 heavy (non-hydrogen) atoms. The second-order valence-corrected chi connectivity index (χ2v) is 8.77. The summed E-state index contributed by atoms with van der Waals surface area (Å²) in [5.41, 5.74) is 6.32. The summed E-state index contributed by atoms with van der Waals surface area (Å²) in [7, 11) is 0. The van der Waals surface area contributed by atoms with Gasteiger partial charge in [-0.1, -0.05) is 42.0 Å². The Balaban J connectivity index is 1.75. The molecular weight excluding hydrogens is 431 g/mol. The van der Waals surface area contributed by atoms with Crippen LogP contribution in [-0.2, 0) is 30.5 Å². The third-order valence-corrected chi connectivity index (χ3v) is 6.53. The zero-order chi connectivity index (χ0) is 23.8. The molecule has 0 saturated heterocycles. The number of aromatic hydroxyl groups is 1. The van der Waals surface area contributed by atoms with E-state index in [0.717, 1.165) is 47.3 Å². The maximum Gasteiger partial charge on any atom is 0.340 e. The highest BCUT2D eigenvalue weighted by Crippen LogP contribution is 2.43. The normalized spacial score (nSPS) is 12.8. The molecule has 1 aliphatic rings. The third kappa shape index (κ3) is 3.83. The van der Waals surface area contributed by atoms with Crippen molar-refractivity contribution in [2.45, 2.75) is 46.1 Å². The molecule has 0 unspecified atom stereocenters. The average Bonchev–Trinajstić information content (AvgIpc) is 3.41. The summed E-state index contributed by atoms with van der Waals surface area (Å²) in [5, 5.41) is 11.8. The summed E-state index contributed by atoms with van der Waals surface area (Å²) in [6, 6.07) is 14.3. The lowest BCUT2D eigenvalue weighted by atomic mass is 9.92. The predicted molar refractivity (Wildman–Crippen MR) is 130 cm³/mol. The van der Waals surface area contributed by atoms with E-state index in [1.807, 2.05) is 35.8 Å². The van der Waals surface area contributed by atoms with Gasteiger partial charge < -0.3 is 14.4 Å². The highest BCUT2D eigenvalue weighted by Gasteiger charge is 2.30. The predicted octanol–water partition coefficient (Wildman–Crippen LogP) is 5.76. The van der Waals surface area contributed by atoms with Crippen LogP contribution in [0.1, 0.15) is 46.2 Å². The first kappa shape index (κ1) is 22.1. The third-order valence-electron chi connectivity index (χ3n) is 6.53. The first-order valence-electron chi connectivity index (χ1n) is 11.7. The molecule has 4 aromatic rings. The fraction of sp³-hybridized carbons (Fsp3) is 0.286. The van der Waals surface area contributed by atoms with Crippen LogP contribution in [0.2, 0.25) is 0 Å². The molecule has 0 fully saturated rings. The molecule has 3 heterocycles. The van der Waals surface area contributed by atoms with Crippen LogP contribution in [0, 0.1) is 12.7 Å². The van der Waals surface area contributed by atoms with E-state index < -0.39 is 5.97 Å². The smallest absolute Gasteiger partial charge is 0.340 e. The summed E-state index contributed by atoms with van der Waals surface area (Å²) in [4.78, 5) is 18.3. The fourth-order valence-electron chi connectivity index (χ4n) is 4.88. The van der Waals surface area contributed by atoms with E-state index in [-0.39, 0.29) is 18.3 Å². The number of esters is 1. The van der Waals surface area contributed by atoms with Crippen molar-refractivity contribution in [1.29, 1.82) is 0 Å². The minimum Gasteiger partial charge on any atom is -0.494 e. The molecule has 0 radical (unpaired) electrons. The van der Waals surface area contributed by atoms with Gasteiger partial charge in [-0.15, -0.1) is 0 Å². The van der Waals surface area contributed by atoms with Crippen LogP contribution in [-0.4, -0.2) is 27.2 Å². The molecule has 2 aromatic carbocycles. The minimum absolute atomic E-state index is 0.154. The van der Waals surface area contributed by atoms with Gasteiger partial charge in [-0.2, -0.15) is 0 Å². The van der Waals surface area contributed by atoms with Crippen LogP contribution in [0.4, 0.5) is 4.39 Å². The monoisotopic (exact) mass is 458 g/mol. The summed E-state index contributed by atoms with van der Waals surface area (Å²) < 4.78 is 20.8. The first-order chi connectivity index (χ1) is 16.5. The Hall–Kier alpha value is -3.67. The second-order valence-electron chi connectivity index (χ2n) is 8.77. The van der Waals surface area contributed by atoms with Gasteiger partial charge in [-0.25, -0.2) is 14.2 Å². The highest BCUT2D eigenvalue weighted by atomic mass is 19.1. The maximum atomic E-state index is 13.4. The van der Waals surface area contributed by atoms with Crippen LogP contribution in [0.15, 0.2) is 48.5 Å². The van der Waals surface area contributed by atoms with E-state index in [4.69, 9.17) is 9.72 Å². The number of hydrogen-bond donors (Lipinski definition) is 1. The molecule has 0 saturated carbocycles. The Morgan fingerprint density at radius 1 is 1.12 bits per heavy atom. The summed E-state index contributed by atoms with van der Waals surface area (Å²) >= 11 is 0. The standard InChI is InChI=1S/C28H27FN2O3/c1-3-34-28(33)24-21(15-10-18-8-13-20(29)14-9-18)30-26-22-5-4-16-31(22)27(32)25(26)23(24)19-11-6-17(2)7-12-19/h6-9,11-14,32H,3-5,10,15-16H2,1-2H3. The van der Waals surface area contributed by atoms with Gasteiger partial charge in [0, 0.05) is 17.8 Å². The molecule has 0 bridgehead atoms. The lowest BCUT2D eigenvalue weighted by Gasteiger charge is -2.16. The lowest BCUT2D eigenvalue weighted by molar-refractivity contribution is 0.0525. The van der Waals surface area contributed by atoms with E-state index in [1.165, 1.54) is 12.1 Å². The fourth-order valence-corrected chi connectivity index (χ4v) is 4.88. The molecule has 0 aliphatic carbocycles. The number of rotatable bonds is 6. The van der Waals surface area contributed by atoms with E-state index in [9.17, 15) is 14.3 Å². The van der Waals surface area contributed by atoms with Gasteiger partial charge in [-0.05, 0) is 62.8 Å². The number of hydrogen-bond acceptors (Lipinski definition) is 4. The summed E-state index contributed by atoms with van der Waals surface area (Å²) in [5.74, 6) is -0.578. The molecule has 5 nitrogen and oxygen atoms in total. The van der Waals surface area contributed by atoms with Crippen LogP contribution >= 0.6 is 0 Å². The van der Waals surface area contributed by atoms with Crippen molar-refractivity contribution in [3.05, 3.63) is 82.4 Å². The Bertz CT molecular complexity index is 1370. The number of aromatic nitrogens is 2. The van der Waals surface area contributed by atoms with Crippen molar-refractivity contribution in [3.8, 4) is 17.0 Å². The molecule has 174 valence electrons. The number of aryl methyl sites for hydroxylation is 4. The van der Waals surface area contributed by atoms with Gasteiger partial charge in [0.05, 0.1) is 28.8 Å². The van der Waals surface area contributed by atoms with Crippen LogP contribution < -0.4 is 0 Å². The van der Waals surface area contributed by atoms with Crippen molar-refractivity contribution in [1.82, 2.24) is 9.55 Å². The molecule has 1 N–H and O–H groups in total. The number of fused-ring (bicyclic) bond motifs is 3. The van der Waals surface area contributed by atoms with Crippen LogP contribution in [0.25, 0.3) is 22.0 Å². The van der Waals surface area contributed by atoms with Gasteiger partial charge in [-0.3, -0.25) is 0 Å². The molecular formula is C28H27FN2O3. The molecule has 6 heteroatoms. The molecule has 0 atom stereocenters. The van der Waals surface area contributed by atoms with Gasteiger partial charge in [0.1, 0.15) is 5.82 Å². The summed E-state index contributed by atoms with van der Waals surface area (Å²) in [6.07, 6.45) is 2.86. The molecule has 5 rings (SSSR count). The average molecular weight is 459 g/mol. The van der Waals surface area contributed by atoms with E-state index >= 15 is 0 Å².